The van der Waals surface area contributed by atoms with E-state index in [-0.39, 0.29) is 11.3 Å². The van der Waals surface area contributed by atoms with Crippen LogP contribution in [-0.4, -0.2) is 11.1 Å². The lowest BCUT2D eigenvalue weighted by atomic mass is 9.77. The summed E-state index contributed by atoms with van der Waals surface area (Å²) in [6.45, 7) is 2.14. The predicted molar refractivity (Wildman–Crippen MR) is 41.2 cm³/mol. The summed E-state index contributed by atoms with van der Waals surface area (Å²) in [5.41, 5.74) is 0.149. The minimum atomic E-state index is -0.574. The van der Waals surface area contributed by atoms with E-state index in [0.29, 0.717) is 0 Å². The Morgan fingerprint density at radius 3 is 2.64 bits per heavy atom. The first-order chi connectivity index (χ1) is 5.12. The highest BCUT2D eigenvalue weighted by atomic mass is 16.4. The Morgan fingerprint density at radius 2 is 2.36 bits per heavy atom. The Hall–Kier alpha value is -0.530. The third-order valence-corrected chi connectivity index (χ3v) is 3.59. The number of hydrogen-bond acceptors (Lipinski definition) is 1. The van der Waals surface area contributed by atoms with Gasteiger partial charge in [0.2, 0.25) is 0 Å². The summed E-state index contributed by atoms with van der Waals surface area (Å²) >= 11 is 0. The smallest absolute Gasteiger partial charge is 0.307 e. The molecule has 0 amide bonds. The van der Waals surface area contributed by atoms with E-state index >= 15 is 0 Å². The molecule has 0 spiro atoms. The maximum atomic E-state index is 10.8. The molecule has 2 heteroatoms. The summed E-state index contributed by atoms with van der Waals surface area (Å²) in [4.78, 5) is 10.8. The standard InChI is InChI=1S/C9H14O2/c1-9-3-2-6(5-9)4-7(9)8(10)11/h6-7H,2-5H2,1H3,(H,10,11)/t6-,7+,9+/m0/s1. The first-order valence-electron chi connectivity index (χ1n) is 4.35. The minimum Gasteiger partial charge on any atom is -0.481 e. The van der Waals surface area contributed by atoms with E-state index in [1.54, 1.807) is 0 Å². The molecular weight excluding hydrogens is 140 g/mol. The van der Waals surface area contributed by atoms with Crippen molar-refractivity contribution in [3.8, 4) is 0 Å². The second-order valence-corrected chi connectivity index (χ2v) is 4.39. The number of rotatable bonds is 1. The topological polar surface area (TPSA) is 37.3 Å². The summed E-state index contributed by atoms with van der Waals surface area (Å²) < 4.78 is 0. The molecule has 0 aromatic carbocycles. The van der Waals surface area contributed by atoms with Crippen molar-refractivity contribution in [3.63, 3.8) is 0 Å². The van der Waals surface area contributed by atoms with Crippen LogP contribution in [0.1, 0.15) is 32.6 Å². The van der Waals surface area contributed by atoms with Crippen LogP contribution in [0.4, 0.5) is 0 Å². The molecule has 0 radical (unpaired) electrons. The highest BCUT2D eigenvalue weighted by Gasteiger charge is 2.51. The lowest BCUT2D eigenvalue weighted by Gasteiger charge is -2.27. The number of carboxylic acid groups (broad SMARTS) is 1. The number of aliphatic carboxylic acids is 1. The van der Waals surface area contributed by atoms with E-state index in [4.69, 9.17) is 5.11 Å². The van der Waals surface area contributed by atoms with Crippen LogP contribution in [0.2, 0.25) is 0 Å². The molecular formula is C9H14O2. The molecule has 2 rings (SSSR count). The molecule has 0 heterocycles. The quantitative estimate of drug-likeness (QED) is 0.626. The van der Waals surface area contributed by atoms with Crippen molar-refractivity contribution in [1.82, 2.24) is 0 Å². The fourth-order valence-corrected chi connectivity index (χ4v) is 2.93. The summed E-state index contributed by atoms with van der Waals surface area (Å²) in [6, 6.07) is 0. The molecule has 2 bridgehead atoms. The van der Waals surface area contributed by atoms with Crippen LogP contribution in [-0.2, 0) is 4.79 Å². The Bertz CT molecular complexity index is 200. The van der Waals surface area contributed by atoms with Gasteiger partial charge in [-0.1, -0.05) is 6.92 Å². The fraction of sp³-hybridized carbons (Fsp3) is 0.889. The van der Waals surface area contributed by atoms with Crippen molar-refractivity contribution in [1.29, 1.82) is 0 Å². The van der Waals surface area contributed by atoms with Crippen LogP contribution < -0.4 is 0 Å². The molecule has 3 atom stereocenters. The zero-order chi connectivity index (χ0) is 8.06. The Balaban J connectivity index is 2.21. The van der Waals surface area contributed by atoms with Crippen LogP contribution in [0.3, 0.4) is 0 Å². The van der Waals surface area contributed by atoms with Gasteiger partial charge < -0.3 is 5.11 Å². The van der Waals surface area contributed by atoms with Gasteiger partial charge in [-0.05, 0) is 37.0 Å². The number of fused-ring (bicyclic) bond motifs is 2. The average molecular weight is 154 g/mol. The van der Waals surface area contributed by atoms with Crippen molar-refractivity contribution < 1.29 is 9.90 Å². The van der Waals surface area contributed by atoms with E-state index in [1.165, 1.54) is 6.42 Å². The molecule has 0 aromatic heterocycles. The van der Waals surface area contributed by atoms with Gasteiger partial charge in [-0.2, -0.15) is 0 Å². The first-order valence-corrected chi connectivity index (χ1v) is 4.35. The predicted octanol–water partition coefficient (Wildman–Crippen LogP) is 1.90. The van der Waals surface area contributed by atoms with Gasteiger partial charge in [0.25, 0.3) is 0 Å². The first kappa shape index (κ1) is 7.14. The molecule has 2 aliphatic carbocycles. The highest BCUT2D eigenvalue weighted by molar-refractivity contribution is 5.71. The van der Waals surface area contributed by atoms with E-state index in [9.17, 15) is 4.79 Å². The van der Waals surface area contributed by atoms with E-state index in [1.807, 2.05) is 0 Å². The molecule has 0 aliphatic heterocycles. The van der Waals surface area contributed by atoms with Gasteiger partial charge in [-0.3, -0.25) is 4.79 Å². The van der Waals surface area contributed by atoms with Gasteiger partial charge >= 0.3 is 5.97 Å². The van der Waals surface area contributed by atoms with Crippen molar-refractivity contribution in [3.05, 3.63) is 0 Å². The lowest BCUT2D eigenvalue weighted by molar-refractivity contribution is -0.145. The fourth-order valence-electron chi connectivity index (χ4n) is 2.93. The van der Waals surface area contributed by atoms with Gasteiger partial charge in [0.15, 0.2) is 0 Å². The molecule has 2 fully saturated rings. The van der Waals surface area contributed by atoms with Gasteiger partial charge in [0.05, 0.1) is 5.92 Å². The second kappa shape index (κ2) is 1.99. The van der Waals surface area contributed by atoms with E-state index in [0.717, 1.165) is 25.2 Å². The average Bonchev–Trinajstić information content (AvgIpc) is 2.41. The van der Waals surface area contributed by atoms with Crippen molar-refractivity contribution in [2.24, 2.45) is 17.3 Å². The second-order valence-electron chi connectivity index (χ2n) is 4.39. The largest absolute Gasteiger partial charge is 0.481 e. The van der Waals surface area contributed by atoms with Crippen molar-refractivity contribution >= 4 is 5.97 Å². The van der Waals surface area contributed by atoms with Crippen LogP contribution in [0.5, 0.6) is 0 Å². The van der Waals surface area contributed by atoms with Crippen LogP contribution in [0.25, 0.3) is 0 Å². The van der Waals surface area contributed by atoms with E-state index < -0.39 is 5.97 Å². The Morgan fingerprint density at radius 1 is 1.64 bits per heavy atom. The van der Waals surface area contributed by atoms with Gasteiger partial charge in [0, 0.05) is 0 Å². The summed E-state index contributed by atoms with van der Waals surface area (Å²) in [6.07, 6.45) is 4.49. The number of carbonyl (C=O) groups is 1. The van der Waals surface area contributed by atoms with Crippen LogP contribution in [0, 0.1) is 17.3 Å². The molecule has 2 aliphatic rings. The molecule has 0 aromatic rings. The monoisotopic (exact) mass is 154 g/mol. The SMILES string of the molecule is C[C@]12CC[C@@H](C[C@@H]1C(=O)O)C2. The molecule has 2 saturated carbocycles. The molecule has 11 heavy (non-hydrogen) atoms. The minimum absolute atomic E-state index is 0.0405. The lowest BCUT2D eigenvalue weighted by Crippen LogP contribution is -2.28. The van der Waals surface area contributed by atoms with Gasteiger partial charge in [0.1, 0.15) is 0 Å². The Kier molecular flexibility index (Phi) is 1.29. The van der Waals surface area contributed by atoms with Gasteiger partial charge in [-0.15, -0.1) is 0 Å². The highest BCUT2D eigenvalue weighted by Crippen LogP contribution is 2.57. The van der Waals surface area contributed by atoms with E-state index in [2.05, 4.69) is 6.92 Å². The molecule has 2 nitrogen and oxygen atoms in total. The maximum Gasteiger partial charge on any atom is 0.307 e. The maximum absolute atomic E-state index is 10.8. The molecule has 1 N–H and O–H groups in total. The van der Waals surface area contributed by atoms with Crippen molar-refractivity contribution in [2.45, 2.75) is 32.6 Å². The zero-order valence-electron chi connectivity index (χ0n) is 6.84. The molecule has 0 unspecified atom stereocenters. The van der Waals surface area contributed by atoms with Crippen LogP contribution >= 0.6 is 0 Å². The van der Waals surface area contributed by atoms with Gasteiger partial charge in [-0.25, -0.2) is 0 Å². The summed E-state index contributed by atoms with van der Waals surface area (Å²) in [5.74, 6) is 0.108. The summed E-state index contributed by atoms with van der Waals surface area (Å²) in [7, 11) is 0. The number of carboxylic acids is 1. The molecule has 0 saturated heterocycles. The van der Waals surface area contributed by atoms with Crippen LogP contribution in [0.15, 0.2) is 0 Å². The third kappa shape index (κ3) is 0.883. The summed E-state index contributed by atoms with van der Waals surface area (Å²) in [5, 5.41) is 8.90. The Labute approximate surface area is 66.6 Å². The molecule has 62 valence electrons. The third-order valence-electron chi connectivity index (χ3n) is 3.59. The normalized spacial score (nSPS) is 48.1. The zero-order valence-corrected chi connectivity index (χ0v) is 6.84. The van der Waals surface area contributed by atoms with Crippen molar-refractivity contribution in [2.75, 3.05) is 0 Å². The number of hydrogen-bond donors (Lipinski definition) is 1.